The van der Waals surface area contributed by atoms with Crippen LogP contribution in [-0.2, 0) is 21.5 Å². The molecule has 2 amide bonds. The topological polar surface area (TPSA) is 67.9 Å². The number of nitrogens with zero attached hydrogens (tertiary/aromatic N) is 1. The Bertz CT molecular complexity index is 1240. The van der Waals surface area contributed by atoms with Crippen LogP contribution in [0.3, 0.4) is 0 Å². The second kappa shape index (κ2) is 10.7. The van der Waals surface area contributed by atoms with Gasteiger partial charge in [0.1, 0.15) is 11.5 Å². The summed E-state index contributed by atoms with van der Waals surface area (Å²) in [6.45, 7) is 1.50. The van der Waals surface area contributed by atoms with Gasteiger partial charge in [0.05, 0.1) is 19.6 Å². The first-order chi connectivity index (χ1) is 18.1. The number of likely N-dealkylation sites (tertiary alicyclic amines) is 1. The van der Waals surface area contributed by atoms with Gasteiger partial charge < -0.3 is 19.7 Å². The molecule has 2 aliphatic rings. The predicted molar refractivity (Wildman–Crippen MR) is 143 cm³/mol. The van der Waals surface area contributed by atoms with E-state index >= 15 is 0 Å². The number of rotatable bonds is 8. The van der Waals surface area contributed by atoms with Gasteiger partial charge in [0, 0.05) is 37.2 Å². The van der Waals surface area contributed by atoms with Crippen molar-refractivity contribution in [3.8, 4) is 11.5 Å². The Balaban J connectivity index is 1.28. The van der Waals surface area contributed by atoms with Crippen LogP contribution in [0.5, 0.6) is 11.5 Å². The second-order valence-electron chi connectivity index (χ2n) is 9.99. The van der Waals surface area contributed by atoms with Crippen molar-refractivity contribution in [2.75, 3.05) is 27.3 Å². The van der Waals surface area contributed by atoms with Crippen LogP contribution in [0.15, 0.2) is 78.9 Å². The molecule has 1 saturated heterocycles. The molecule has 1 N–H and O–H groups in total. The lowest BCUT2D eigenvalue weighted by Crippen LogP contribution is -2.53. The molecular weight excluding hydrogens is 464 g/mol. The van der Waals surface area contributed by atoms with Crippen molar-refractivity contribution in [1.82, 2.24) is 10.2 Å². The van der Waals surface area contributed by atoms with Gasteiger partial charge in [-0.05, 0) is 48.4 Å². The zero-order valence-electron chi connectivity index (χ0n) is 21.5. The quantitative estimate of drug-likeness (QED) is 0.490. The Hall–Kier alpha value is -3.80. The summed E-state index contributed by atoms with van der Waals surface area (Å²) in [5.41, 5.74) is 2.44. The van der Waals surface area contributed by atoms with Crippen LogP contribution in [0.2, 0.25) is 0 Å². The number of hydrogen-bond acceptors (Lipinski definition) is 4. The lowest BCUT2D eigenvalue weighted by atomic mass is 9.72. The summed E-state index contributed by atoms with van der Waals surface area (Å²) >= 11 is 0. The number of ether oxygens (including phenoxy) is 2. The monoisotopic (exact) mass is 498 g/mol. The minimum absolute atomic E-state index is 0.0164. The summed E-state index contributed by atoms with van der Waals surface area (Å²) in [7, 11) is 3.22. The fraction of sp³-hybridized carbons (Fsp3) is 0.355. The molecule has 5 rings (SSSR count). The van der Waals surface area contributed by atoms with Crippen LogP contribution in [0.1, 0.15) is 41.9 Å². The van der Waals surface area contributed by atoms with E-state index in [0.29, 0.717) is 49.9 Å². The van der Waals surface area contributed by atoms with Gasteiger partial charge in [-0.3, -0.25) is 9.59 Å². The van der Waals surface area contributed by atoms with Gasteiger partial charge in [-0.1, -0.05) is 60.7 Å². The van der Waals surface area contributed by atoms with E-state index in [4.69, 9.17) is 9.47 Å². The maximum absolute atomic E-state index is 13.8. The summed E-state index contributed by atoms with van der Waals surface area (Å²) < 4.78 is 10.8. The highest BCUT2D eigenvalue weighted by Crippen LogP contribution is 2.49. The van der Waals surface area contributed by atoms with Crippen molar-refractivity contribution in [2.24, 2.45) is 5.92 Å². The SMILES string of the molecule is COc1ccc(CNC(=O)C2(c3ccccc3)CCN(C(=O)C3CC3c3ccccc3)CC2)c(OC)c1. The van der Waals surface area contributed by atoms with Crippen LogP contribution in [0, 0.1) is 5.92 Å². The van der Waals surface area contributed by atoms with Gasteiger partial charge in [0.25, 0.3) is 0 Å². The standard InChI is InChI=1S/C31H34N2O4/c1-36-25-14-13-23(28(19-25)37-2)21-32-30(35)31(24-11-7-4-8-12-24)15-17-33(18-16-31)29(34)27-20-26(27)22-9-5-3-6-10-22/h3-14,19,26-27H,15-18,20-21H2,1-2H3,(H,32,35). The average molecular weight is 499 g/mol. The molecule has 192 valence electrons. The highest BCUT2D eigenvalue weighted by molar-refractivity contribution is 5.89. The molecule has 0 aromatic heterocycles. The van der Waals surface area contributed by atoms with Gasteiger partial charge in [-0.25, -0.2) is 0 Å². The number of methoxy groups -OCH3 is 2. The second-order valence-corrected chi connectivity index (χ2v) is 9.99. The van der Waals surface area contributed by atoms with E-state index in [1.807, 2.05) is 71.6 Å². The van der Waals surface area contributed by atoms with E-state index in [2.05, 4.69) is 17.4 Å². The van der Waals surface area contributed by atoms with E-state index < -0.39 is 5.41 Å². The maximum Gasteiger partial charge on any atom is 0.231 e. The lowest BCUT2D eigenvalue weighted by molar-refractivity contribution is -0.138. The van der Waals surface area contributed by atoms with E-state index in [0.717, 1.165) is 17.5 Å². The number of carbonyl (C=O) groups is 2. The Kier molecular flexibility index (Phi) is 7.17. The first kappa shape index (κ1) is 24.9. The molecule has 1 heterocycles. The molecule has 6 nitrogen and oxygen atoms in total. The molecule has 1 saturated carbocycles. The normalized spacial score (nSPS) is 20.1. The van der Waals surface area contributed by atoms with Crippen LogP contribution in [0.25, 0.3) is 0 Å². The first-order valence-electron chi connectivity index (χ1n) is 12.9. The Morgan fingerprint density at radius 1 is 0.919 bits per heavy atom. The van der Waals surface area contributed by atoms with Gasteiger partial charge in [-0.15, -0.1) is 0 Å². The summed E-state index contributed by atoms with van der Waals surface area (Å²) in [6.07, 6.45) is 2.10. The zero-order valence-corrected chi connectivity index (χ0v) is 21.5. The van der Waals surface area contributed by atoms with Crippen LogP contribution in [-0.4, -0.2) is 44.0 Å². The van der Waals surface area contributed by atoms with Crippen molar-refractivity contribution in [3.05, 3.63) is 95.6 Å². The molecule has 1 aliphatic heterocycles. The van der Waals surface area contributed by atoms with E-state index in [-0.39, 0.29) is 17.7 Å². The average Bonchev–Trinajstić information content (AvgIpc) is 3.77. The molecule has 37 heavy (non-hydrogen) atoms. The molecule has 6 heteroatoms. The Labute approximate surface area is 218 Å². The number of piperidine rings is 1. The molecule has 2 unspecified atom stereocenters. The third-order valence-corrected chi connectivity index (χ3v) is 7.96. The summed E-state index contributed by atoms with van der Waals surface area (Å²) in [5.74, 6) is 1.96. The highest BCUT2D eigenvalue weighted by atomic mass is 16.5. The maximum atomic E-state index is 13.8. The van der Waals surface area contributed by atoms with E-state index in [9.17, 15) is 9.59 Å². The van der Waals surface area contributed by atoms with Crippen molar-refractivity contribution in [1.29, 1.82) is 0 Å². The van der Waals surface area contributed by atoms with Crippen LogP contribution >= 0.6 is 0 Å². The first-order valence-corrected chi connectivity index (χ1v) is 12.9. The van der Waals surface area contributed by atoms with Crippen molar-refractivity contribution in [3.63, 3.8) is 0 Å². The molecule has 3 aromatic carbocycles. The third-order valence-electron chi connectivity index (χ3n) is 7.96. The molecule has 2 fully saturated rings. The van der Waals surface area contributed by atoms with Gasteiger partial charge in [0.15, 0.2) is 0 Å². The zero-order chi connectivity index (χ0) is 25.8. The van der Waals surface area contributed by atoms with Crippen LogP contribution < -0.4 is 14.8 Å². The molecular formula is C31H34N2O4. The summed E-state index contributed by atoms with van der Waals surface area (Å²) in [6, 6.07) is 25.8. The van der Waals surface area contributed by atoms with Gasteiger partial charge in [0.2, 0.25) is 11.8 Å². The Morgan fingerprint density at radius 2 is 1.59 bits per heavy atom. The molecule has 0 spiro atoms. The number of nitrogens with one attached hydrogen (secondary N) is 1. The van der Waals surface area contributed by atoms with Gasteiger partial charge in [-0.2, -0.15) is 0 Å². The van der Waals surface area contributed by atoms with Crippen molar-refractivity contribution >= 4 is 11.8 Å². The summed E-state index contributed by atoms with van der Waals surface area (Å²) in [4.78, 5) is 29.1. The van der Waals surface area contributed by atoms with E-state index in [1.165, 1.54) is 5.56 Å². The minimum atomic E-state index is -0.680. The number of hydrogen-bond donors (Lipinski definition) is 1. The molecule has 2 atom stereocenters. The number of benzene rings is 3. The molecule has 1 aliphatic carbocycles. The van der Waals surface area contributed by atoms with Crippen molar-refractivity contribution in [2.45, 2.75) is 37.1 Å². The molecule has 0 radical (unpaired) electrons. The van der Waals surface area contributed by atoms with Gasteiger partial charge >= 0.3 is 0 Å². The highest BCUT2D eigenvalue weighted by Gasteiger charge is 2.49. The number of amides is 2. The predicted octanol–water partition coefficient (Wildman–Crippen LogP) is 4.68. The smallest absolute Gasteiger partial charge is 0.231 e. The molecule has 3 aromatic rings. The van der Waals surface area contributed by atoms with Crippen LogP contribution in [0.4, 0.5) is 0 Å². The molecule has 0 bridgehead atoms. The fourth-order valence-electron chi connectivity index (χ4n) is 5.63. The minimum Gasteiger partial charge on any atom is -0.497 e. The largest absolute Gasteiger partial charge is 0.497 e. The summed E-state index contributed by atoms with van der Waals surface area (Å²) in [5, 5.41) is 3.16. The number of carbonyl (C=O) groups excluding carboxylic acids is 2. The lowest BCUT2D eigenvalue weighted by Gasteiger charge is -2.41. The van der Waals surface area contributed by atoms with E-state index in [1.54, 1.807) is 14.2 Å². The van der Waals surface area contributed by atoms with Crippen molar-refractivity contribution < 1.29 is 19.1 Å². The fourth-order valence-corrected chi connectivity index (χ4v) is 5.63. The Morgan fingerprint density at radius 3 is 2.24 bits per heavy atom. The third kappa shape index (κ3) is 5.06.